The Bertz CT molecular complexity index is 329. The summed E-state index contributed by atoms with van der Waals surface area (Å²) in [5.74, 6) is 1.07. The fourth-order valence-electron chi connectivity index (χ4n) is 2.29. The smallest absolute Gasteiger partial charge is 0.145 e. The molecule has 0 atom stereocenters. The summed E-state index contributed by atoms with van der Waals surface area (Å²) in [6.07, 6.45) is 3.64. The second-order valence-corrected chi connectivity index (χ2v) is 4.02. The fraction of sp³-hybridized carbons (Fsp3) is 0.538. The van der Waals surface area contributed by atoms with Crippen molar-refractivity contribution in [3.8, 4) is 5.75 Å². The number of hydrogen-bond acceptors (Lipinski definition) is 2. The van der Waals surface area contributed by atoms with Gasteiger partial charge < -0.3 is 9.64 Å². The first kappa shape index (κ1) is 10.3. The van der Waals surface area contributed by atoms with Crippen LogP contribution in [0.15, 0.2) is 18.2 Å². The molecule has 82 valence electrons. The van der Waals surface area contributed by atoms with Crippen molar-refractivity contribution in [3.63, 3.8) is 0 Å². The van der Waals surface area contributed by atoms with Gasteiger partial charge in [-0.25, -0.2) is 0 Å². The Hall–Kier alpha value is -1.18. The van der Waals surface area contributed by atoms with Gasteiger partial charge in [0.15, 0.2) is 0 Å². The molecule has 2 nitrogen and oxygen atoms in total. The highest BCUT2D eigenvalue weighted by molar-refractivity contribution is 5.62. The molecule has 0 spiro atoms. The number of nitrogens with zero attached hydrogens (tertiary/aromatic N) is 1. The van der Waals surface area contributed by atoms with Crippen LogP contribution in [0.1, 0.15) is 25.3 Å². The summed E-state index contributed by atoms with van der Waals surface area (Å²) in [5.41, 5.74) is 2.58. The standard InChI is InChI=1S/C13H19NO/c1-3-11-7-6-8-12(13(11)15-2)14-9-4-5-10-14/h6-8H,3-5,9-10H2,1-2H3. The highest BCUT2D eigenvalue weighted by Gasteiger charge is 2.17. The maximum atomic E-state index is 5.54. The van der Waals surface area contributed by atoms with E-state index in [0.29, 0.717) is 0 Å². The molecule has 0 radical (unpaired) electrons. The van der Waals surface area contributed by atoms with Crippen LogP contribution in [0.4, 0.5) is 5.69 Å². The first-order valence-corrected chi connectivity index (χ1v) is 5.77. The molecule has 1 saturated heterocycles. The molecule has 2 rings (SSSR count). The minimum absolute atomic E-state index is 1.03. The van der Waals surface area contributed by atoms with Crippen molar-refractivity contribution in [3.05, 3.63) is 23.8 Å². The molecule has 1 aromatic carbocycles. The summed E-state index contributed by atoms with van der Waals surface area (Å²) in [7, 11) is 1.77. The molecule has 0 aliphatic carbocycles. The zero-order chi connectivity index (χ0) is 10.7. The van der Waals surface area contributed by atoms with Gasteiger partial charge in [-0.15, -0.1) is 0 Å². The molecule has 0 unspecified atom stereocenters. The molecule has 15 heavy (non-hydrogen) atoms. The Morgan fingerprint density at radius 2 is 2.00 bits per heavy atom. The van der Waals surface area contributed by atoms with E-state index in [0.717, 1.165) is 12.2 Å². The summed E-state index contributed by atoms with van der Waals surface area (Å²) in [6.45, 7) is 4.51. The third-order valence-corrected chi connectivity index (χ3v) is 3.11. The van der Waals surface area contributed by atoms with Crippen molar-refractivity contribution in [2.45, 2.75) is 26.2 Å². The van der Waals surface area contributed by atoms with Gasteiger partial charge in [-0.05, 0) is 30.9 Å². The highest BCUT2D eigenvalue weighted by atomic mass is 16.5. The molecule has 1 aliphatic rings. The number of rotatable bonds is 3. The third kappa shape index (κ3) is 1.94. The monoisotopic (exact) mass is 205 g/mol. The summed E-state index contributed by atoms with van der Waals surface area (Å²) in [4.78, 5) is 2.43. The zero-order valence-corrected chi connectivity index (χ0v) is 9.62. The second-order valence-electron chi connectivity index (χ2n) is 4.02. The molecule has 0 aromatic heterocycles. The van der Waals surface area contributed by atoms with E-state index in [1.54, 1.807) is 7.11 Å². The van der Waals surface area contributed by atoms with Crippen LogP contribution in [0.5, 0.6) is 5.75 Å². The first-order valence-electron chi connectivity index (χ1n) is 5.77. The highest BCUT2D eigenvalue weighted by Crippen LogP contribution is 2.34. The van der Waals surface area contributed by atoms with Crippen LogP contribution >= 0.6 is 0 Å². The third-order valence-electron chi connectivity index (χ3n) is 3.11. The van der Waals surface area contributed by atoms with Crippen molar-refractivity contribution in [2.75, 3.05) is 25.1 Å². The first-order chi connectivity index (χ1) is 7.36. The zero-order valence-electron chi connectivity index (χ0n) is 9.62. The van der Waals surface area contributed by atoms with Gasteiger partial charge in [-0.3, -0.25) is 0 Å². The molecule has 2 heteroatoms. The van der Waals surface area contributed by atoms with Crippen molar-refractivity contribution < 1.29 is 4.74 Å². The normalized spacial score (nSPS) is 15.7. The van der Waals surface area contributed by atoms with Gasteiger partial charge in [0.05, 0.1) is 12.8 Å². The Morgan fingerprint density at radius 3 is 2.60 bits per heavy atom. The molecule has 1 heterocycles. The summed E-state index contributed by atoms with van der Waals surface area (Å²) >= 11 is 0. The number of benzene rings is 1. The second kappa shape index (κ2) is 4.56. The minimum atomic E-state index is 1.03. The lowest BCUT2D eigenvalue weighted by atomic mass is 10.1. The van der Waals surface area contributed by atoms with Crippen LogP contribution in [-0.2, 0) is 6.42 Å². The minimum Gasteiger partial charge on any atom is -0.494 e. The molecule has 0 amide bonds. The average Bonchev–Trinajstić information content (AvgIpc) is 2.81. The number of ether oxygens (including phenoxy) is 1. The molecule has 0 N–H and O–H groups in total. The van der Waals surface area contributed by atoms with E-state index in [-0.39, 0.29) is 0 Å². The molecule has 1 aromatic rings. The van der Waals surface area contributed by atoms with Gasteiger partial charge in [0.2, 0.25) is 0 Å². The number of para-hydroxylation sites is 1. The lowest BCUT2D eigenvalue weighted by molar-refractivity contribution is 0.410. The van der Waals surface area contributed by atoms with E-state index < -0.39 is 0 Å². The largest absolute Gasteiger partial charge is 0.494 e. The lowest BCUT2D eigenvalue weighted by Crippen LogP contribution is -2.18. The van der Waals surface area contributed by atoms with Crippen LogP contribution in [-0.4, -0.2) is 20.2 Å². The van der Waals surface area contributed by atoms with E-state index in [4.69, 9.17) is 4.74 Å². The molecule has 0 bridgehead atoms. The van der Waals surface area contributed by atoms with Gasteiger partial charge in [0.25, 0.3) is 0 Å². The molecular weight excluding hydrogens is 186 g/mol. The predicted octanol–water partition coefficient (Wildman–Crippen LogP) is 2.86. The van der Waals surface area contributed by atoms with Gasteiger partial charge in [0.1, 0.15) is 5.75 Å². The summed E-state index contributed by atoms with van der Waals surface area (Å²) in [5, 5.41) is 0. The van der Waals surface area contributed by atoms with Crippen LogP contribution in [0.2, 0.25) is 0 Å². The van der Waals surface area contributed by atoms with Gasteiger partial charge in [0, 0.05) is 13.1 Å². The van der Waals surface area contributed by atoms with Gasteiger partial charge in [-0.1, -0.05) is 19.1 Å². The molecule has 1 aliphatic heterocycles. The van der Waals surface area contributed by atoms with Crippen LogP contribution in [0.25, 0.3) is 0 Å². The van der Waals surface area contributed by atoms with Gasteiger partial charge in [-0.2, -0.15) is 0 Å². The number of hydrogen-bond donors (Lipinski definition) is 0. The van der Waals surface area contributed by atoms with E-state index in [1.807, 2.05) is 0 Å². The van der Waals surface area contributed by atoms with Crippen LogP contribution in [0, 0.1) is 0 Å². The number of methoxy groups -OCH3 is 1. The Labute approximate surface area is 91.9 Å². The predicted molar refractivity (Wildman–Crippen MR) is 63.8 cm³/mol. The average molecular weight is 205 g/mol. The summed E-state index contributed by atoms with van der Waals surface area (Å²) in [6, 6.07) is 6.46. The van der Waals surface area contributed by atoms with Crippen LogP contribution < -0.4 is 9.64 Å². The molecular formula is C13H19NO. The topological polar surface area (TPSA) is 12.5 Å². The Morgan fingerprint density at radius 1 is 1.27 bits per heavy atom. The van der Waals surface area contributed by atoms with E-state index in [9.17, 15) is 0 Å². The van der Waals surface area contributed by atoms with Crippen molar-refractivity contribution >= 4 is 5.69 Å². The fourth-order valence-corrected chi connectivity index (χ4v) is 2.29. The quantitative estimate of drug-likeness (QED) is 0.752. The maximum absolute atomic E-state index is 5.54. The number of anilines is 1. The maximum Gasteiger partial charge on any atom is 0.145 e. The van der Waals surface area contributed by atoms with Crippen molar-refractivity contribution in [1.82, 2.24) is 0 Å². The Kier molecular flexibility index (Phi) is 3.14. The van der Waals surface area contributed by atoms with Gasteiger partial charge >= 0.3 is 0 Å². The molecule has 0 saturated carbocycles. The number of aryl methyl sites for hydroxylation is 1. The Balaban J connectivity index is 2.36. The van der Waals surface area contributed by atoms with Crippen molar-refractivity contribution in [2.24, 2.45) is 0 Å². The SMILES string of the molecule is CCc1cccc(N2CCCC2)c1OC. The van der Waals surface area contributed by atoms with Crippen molar-refractivity contribution in [1.29, 1.82) is 0 Å². The summed E-state index contributed by atoms with van der Waals surface area (Å²) < 4.78 is 5.54. The van der Waals surface area contributed by atoms with Crippen LogP contribution in [0.3, 0.4) is 0 Å². The lowest BCUT2D eigenvalue weighted by Gasteiger charge is -2.22. The van der Waals surface area contributed by atoms with E-state index in [1.165, 1.54) is 37.2 Å². The van der Waals surface area contributed by atoms with E-state index in [2.05, 4.69) is 30.0 Å². The van der Waals surface area contributed by atoms with E-state index >= 15 is 0 Å². The molecule has 1 fully saturated rings.